The number of para-hydroxylation sites is 1. The van der Waals surface area contributed by atoms with Gasteiger partial charge in [0, 0.05) is 22.5 Å². The molecule has 1 amide bonds. The van der Waals surface area contributed by atoms with Crippen molar-refractivity contribution >= 4 is 22.9 Å². The van der Waals surface area contributed by atoms with E-state index in [-0.39, 0.29) is 5.91 Å². The number of rotatable bonds is 5. The van der Waals surface area contributed by atoms with Crippen molar-refractivity contribution in [1.29, 1.82) is 0 Å². The van der Waals surface area contributed by atoms with Crippen molar-refractivity contribution in [3.8, 4) is 0 Å². The summed E-state index contributed by atoms with van der Waals surface area (Å²) in [7, 11) is 0. The van der Waals surface area contributed by atoms with Crippen molar-refractivity contribution in [2.75, 3.05) is 5.32 Å². The van der Waals surface area contributed by atoms with Crippen LogP contribution in [0.2, 0.25) is 0 Å². The van der Waals surface area contributed by atoms with Gasteiger partial charge in [-0.15, -0.1) is 11.3 Å². The molecule has 0 bridgehead atoms. The second-order valence-electron chi connectivity index (χ2n) is 4.48. The fourth-order valence-corrected chi connectivity index (χ4v) is 2.87. The molecule has 0 spiro atoms. The van der Waals surface area contributed by atoms with E-state index in [9.17, 15) is 4.79 Å². The molecule has 0 fully saturated rings. The minimum Gasteiger partial charge on any atom is -0.380 e. The lowest BCUT2D eigenvalue weighted by Crippen LogP contribution is -2.09. The zero-order valence-corrected chi connectivity index (χ0v) is 12.0. The maximum atomic E-state index is 11.1. The Morgan fingerprint density at radius 1 is 1.42 bits per heavy atom. The van der Waals surface area contributed by atoms with E-state index in [0.717, 1.165) is 17.8 Å². The average molecular weight is 274 g/mol. The summed E-state index contributed by atoms with van der Waals surface area (Å²) in [6, 6.07) is 8.17. The van der Waals surface area contributed by atoms with E-state index in [4.69, 9.17) is 5.73 Å². The smallest absolute Gasteiger partial charge is 0.249 e. The van der Waals surface area contributed by atoms with Gasteiger partial charge in [-0.3, -0.25) is 4.79 Å². The molecule has 0 radical (unpaired) electrons. The first-order valence-electron chi connectivity index (χ1n) is 6.31. The summed E-state index contributed by atoms with van der Waals surface area (Å²) in [6.45, 7) is 4.97. The molecule has 0 aliphatic heterocycles. The molecular weight excluding hydrogens is 256 g/mol. The van der Waals surface area contributed by atoms with Crippen molar-refractivity contribution < 1.29 is 4.79 Å². The van der Waals surface area contributed by atoms with Crippen molar-refractivity contribution in [1.82, 2.24) is 0 Å². The second-order valence-corrected chi connectivity index (χ2v) is 5.48. The number of hydrogen-bond donors (Lipinski definition) is 2. The van der Waals surface area contributed by atoms with Crippen LogP contribution in [0, 0.1) is 6.92 Å². The van der Waals surface area contributed by atoms with Crippen molar-refractivity contribution in [2.45, 2.75) is 26.8 Å². The average Bonchev–Trinajstić information content (AvgIpc) is 2.86. The molecule has 0 saturated heterocycles. The van der Waals surface area contributed by atoms with Crippen molar-refractivity contribution in [2.24, 2.45) is 5.73 Å². The number of amides is 1. The van der Waals surface area contributed by atoms with Gasteiger partial charge < -0.3 is 11.1 Å². The molecule has 3 nitrogen and oxygen atoms in total. The van der Waals surface area contributed by atoms with Gasteiger partial charge >= 0.3 is 0 Å². The number of anilines is 1. The molecule has 19 heavy (non-hydrogen) atoms. The summed E-state index contributed by atoms with van der Waals surface area (Å²) in [6.07, 6.45) is 1.00. The quantitative estimate of drug-likeness (QED) is 0.878. The molecule has 1 heterocycles. The summed E-state index contributed by atoms with van der Waals surface area (Å²) in [5, 5.41) is 5.26. The molecule has 2 rings (SSSR count). The van der Waals surface area contributed by atoms with Crippen LogP contribution >= 0.6 is 11.3 Å². The highest BCUT2D eigenvalue weighted by Gasteiger charge is 2.07. The Labute approximate surface area is 117 Å². The first-order chi connectivity index (χ1) is 9.11. The van der Waals surface area contributed by atoms with E-state index in [0.29, 0.717) is 5.56 Å². The zero-order chi connectivity index (χ0) is 13.8. The summed E-state index contributed by atoms with van der Waals surface area (Å²) in [4.78, 5) is 12.2. The first kappa shape index (κ1) is 13.6. The molecule has 100 valence electrons. The summed E-state index contributed by atoms with van der Waals surface area (Å²) < 4.78 is 0. The number of primary amides is 1. The number of benzene rings is 1. The summed E-state index contributed by atoms with van der Waals surface area (Å²) >= 11 is 1.55. The van der Waals surface area contributed by atoms with Gasteiger partial charge in [-0.1, -0.05) is 25.1 Å². The maximum Gasteiger partial charge on any atom is 0.249 e. The molecular formula is C15H18N2OS. The monoisotopic (exact) mass is 274 g/mol. The number of hydrogen-bond acceptors (Lipinski definition) is 3. The number of carbonyl (C=O) groups excluding carboxylic acids is 1. The highest BCUT2D eigenvalue weighted by molar-refractivity contribution is 7.10. The fourth-order valence-electron chi connectivity index (χ4n) is 2.05. The van der Waals surface area contributed by atoms with E-state index >= 15 is 0 Å². The number of aryl methyl sites for hydroxylation is 2. The lowest BCUT2D eigenvalue weighted by atomic mass is 10.1. The SMILES string of the molecule is CCc1cccc(C)c1NCc1cc(C(N)=O)cs1. The van der Waals surface area contributed by atoms with Gasteiger partial charge in [0.1, 0.15) is 0 Å². The van der Waals surface area contributed by atoms with Gasteiger partial charge in [0.25, 0.3) is 0 Å². The van der Waals surface area contributed by atoms with Crippen LogP contribution < -0.4 is 11.1 Å². The Balaban J connectivity index is 2.12. The Kier molecular flexibility index (Phi) is 4.22. The Hall–Kier alpha value is -1.81. The number of carbonyl (C=O) groups is 1. The Bertz CT molecular complexity index is 590. The van der Waals surface area contributed by atoms with E-state index in [2.05, 4.69) is 37.4 Å². The molecule has 2 aromatic rings. The van der Waals surface area contributed by atoms with Gasteiger partial charge in [0.2, 0.25) is 5.91 Å². The first-order valence-corrected chi connectivity index (χ1v) is 7.19. The third-order valence-electron chi connectivity index (χ3n) is 3.12. The molecule has 1 aromatic heterocycles. The third-order valence-corrected chi connectivity index (χ3v) is 4.05. The highest BCUT2D eigenvalue weighted by Crippen LogP contribution is 2.23. The summed E-state index contributed by atoms with van der Waals surface area (Å²) in [5.41, 5.74) is 9.58. The van der Waals surface area contributed by atoms with Gasteiger partial charge in [-0.2, -0.15) is 0 Å². The molecule has 0 aliphatic carbocycles. The zero-order valence-electron chi connectivity index (χ0n) is 11.2. The number of thiophene rings is 1. The predicted octanol–water partition coefficient (Wildman–Crippen LogP) is 3.33. The third kappa shape index (κ3) is 3.15. The molecule has 0 saturated carbocycles. The van der Waals surface area contributed by atoms with Gasteiger partial charge in [0.15, 0.2) is 0 Å². The van der Waals surface area contributed by atoms with Gasteiger partial charge in [-0.05, 0) is 30.5 Å². The lowest BCUT2D eigenvalue weighted by molar-refractivity contribution is 0.100. The van der Waals surface area contributed by atoms with Gasteiger partial charge in [-0.25, -0.2) is 0 Å². The Morgan fingerprint density at radius 3 is 2.84 bits per heavy atom. The van der Waals surface area contributed by atoms with E-state index in [1.165, 1.54) is 16.8 Å². The minimum absolute atomic E-state index is 0.368. The van der Waals surface area contributed by atoms with E-state index < -0.39 is 0 Å². The van der Waals surface area contributed by atoms with Crippen molar-refractivity contribution in [3.05, 3.63) is 51.2 Å². The van der Waals surface area contributed by atoms with Crippen LogP contribution in [0.15, 0.2) is 29.6 Å². The predicted molar refractivity (Wildman–Crippen MR) is 80.7 cm³/mol. The number of nitrogens with two attached hydrogens (primary N) is 1. The topological polar surface area (TPSA) is 55.1 Å². The van der Waals surface area contributed by atoms with Crippen LogP contribution in [-0.2, 0) is 13.0 Å². The Morgan fingerprint density at radius 2 is 2.21 bits per heavy atom. The molecule has 3 N–H and O–H groups in total. The van der Waals surface area contributed by atoms with E-state index in [1.807, 2.05) is 6.07 Å². The minimum atomic E-state index is -0.368. The highest BCUT2D eigenvalue weighted by atomic mass is 32.1. The second kappa shape index (κ2) is 5.89. The van der Waals surface area contributed by atoms with Crippen molar-refractivity contribution in [3.63, 3.8) is 0 Å². The molecule has 1 aromatic carbocycles. The van der Waals surface area contributed by atoms with Crippen LogP contribution in [0.1, 0.15) is 33.3 Å². The van der Waals surface area contributed by atoms with Crippen LogP contribution in [0.25, 0.3) is 0 Å². The van der Waals surface area contributed by atoms with E-state index in [1.54, 1.807) is 16.7 Å². The van der Waals surface area contributed by atoms with Gasteiger partial charge in [0.05, 0.1) is 5.56 Å². The largest absolute Gasteiger partial charge is 0.380 e. The fraction of sp³-hybridized carbons (Fsp3) is 0.267. The van der Waals surface area contributed by atoms with Crippen LogP contribution in [0.4, 0.5) is 5.69 Å². The molecule has 0 atom stereocenters. The molecule has 0 aliphatic rings. The number of nitrogens with one attached hydrogen (secondary N) is 1. The maximum absolute atomic E-state index is 11.1. The standard InChI is InChI=1S/C15H18N2OS/c1-3-11-6-4-5-10(2)14(11)17-8-13-7-12(9-19-13)15(16)18/h4-7,9,17H,3,8H2,1-2H3,(H2,16,18). The molecule has 4 heteroatoms. The van der Waals surface area contributed by atoms with Crippen LogP contribution in [0.3, 0.4) is 0 Å². The lowest BCUT2D eigenvalue weighted by Gasteiger charge is -2.13. The molecule has 0 unspecified atom stereocenters. The van der Waals surface area contributed by atoms with Crippen LogP contribution in [-0.4, -0.2) is 5.91 Å². The summed E-state index contributed by atoms with van der Waals surface area (Å²) in [5.74, 6) is -0.368. The van der Waals surface area contributed by atoms with Crippen LogP contribution in [0.5, 0.6) is 0 Å². The normalized spacial score (nSPS) is 10.4.